The fraction of sp³-hybridized carbons (Fsp3) is 0.467. The molecule has 0 radical (unpaired) electrons. The van der Waals surface area contributed by atoms with E-state index in [1.165, 1.54) is 6.07 Å². The van der Waals surface area contributed by atoms with Crippen LogP contribution in [0.3, 0.4) is 0 Å². The predicted octanol–water partition coefficient (Wildman–Crippen LogP) is 1.50. The van der Waals surface area contributed by atoms with Gasteiger partial charge in [-0.05, 0) is 19.4 Å². The maximum Gasteiger partial charge on any atom is 0.147 e. The summed E-state index contributed by atoms with van der Waals surface area (Å²) in [5, 5.41) is 17.6. The van der Waals surface area contributed by atoms with Crippen LogP contribution in [-0.2, 0) is 13.0 Å². The van der Waals surface area contributed by atoms with Gasteiger partial charge in [0.1, 0.15) is 23.3 Å². The Morgan fingerprint density at radius 3 is 3.05 bits per heavy atom. The lowest BCUT2D eigenvalue weighted by Crippen LogP contribution is -2.39. The fourth-order valence-electron chi connectivity index (χ4n) is 2.76. The molecule has 2 heterocycles. The Morgan fingerprint density at radius 1 is 1.45 bits per heavy atom. The molecule has 5 nitrogen and oxygen atoms in total. The van der Waals surface area contributed by atoms with Crippen molar-refractivity contribution in [3.8, 4) is 0 Å². The van der Waals surface area contributed by atoms with Crippen molar-refractivity contribution < 1.29 is 13.9 Å². The first-order valence-electron chi connectivity index (χ1n) is 7.29. The third-order valence-electron chi connectivity index (χ3n) is 3.89. The van der Waals surface area contributed by atoms with Crippen LogP contribution >= 0.6 is 0 Å². The molecule has 118 valence electrons. The second-order valence-corrected chi connectivity index (χ2v) is 5.58. The molecule has 0 amide bonds. The monoisotopic (exact) mass is 308 g/mol. The van der Waals surface area contributed by atoms with E-state index < -0.39 is 17.7 Å². The van der Waals surface area contributed by atoms with E-state index in [-0.39, 0.29) is 18.2 Å². The quantitative estimate of drug-likeness (QED) is 0.898. The van der Waals surface area contributed by atoms with Crippen molar-refractivity contribution in [3.05, 3.63) is 47.0 Å². The Balaban J connectivity index is 1.59. The molecule has 1 aliphatic heterocycles. The van der Waals surface area contributed by atoms with Crippen LogP contribution in [0.1, 0.15) is 29.7 Å². The van der Waals surface area contributed by atoms with Gasteiger partial charge in [0.2, 0.25) is 0 Å². The van der Waals surface area contributed by atoms with Crippen LogP contribution in [0.25, 0.3) is 0 Å². The summed E-state index contributed by atoms with van der Waals surface area (Å²) in [5.74, 6) is 0.347. The summed E-state index contributed by atoms with van der Waals surface area (Å²) in [5.41, 5.74) is 0.0991. The molecule has 7 heteroatoms. The summed E-state index contributed by atoms with van der Waals surface area (Å²) < 4.78 is 28.4. The highest BCUT2D eigenvalue weighted by Crippen LogP contribution is 2.19. The fourth-order valence-corrected chi connectivity index (χ4v) is 2.76. The van der Waals surface area contributed by atoms with Gasteiger partial charge in [-0.3, -0.25) is 0 Å². The Kier molecular flexibility index (Phi) is 4.17. The van der Waals surface area contributed by atoms with Crippen LogP contribution in [0, 0.1) is 18.6 Å². The minimum Gasteiger partial charge on any atom is -0.387 e. The summed E-state index contributed by atoms with van der Waals surface area (Å²) >= 11 is 0. The van der Waals surface area contributed by atoms with Gasteiger partial charge < -0.3 is 10.4 Å². The molecule has 1 aromatic carbocycles. The summed E-state index contributed by atoms with van der Waals surface area (Å²) in [6, 6.07) is 3.35. The Bertz CT molecular complexity index is 674. The third-order valence-corrected chi connectivity index (χ3v) is 3.89. The lowest BCUT2D eigenvalue weighted by molar-refractivity contribution is 0.160. The van der Waals surface area contributed by atoms with Crippen molar-refractivity contribution in [1.29, 1.82) is 0 Å². The van der Waals surface area contributed by atoms with Crippen molar-refractivity contribution in [3.63, 3.8) is 0 Å². The van der Waals surface area contributed by atoms with Gasteiger partial charge in [0.15, 0.2) is 0 Å². The number of nitrogens with zero attached hydrogens (tertiary/aromatic N) is 3. The molecule has 0 saturated heterocycles. The summed E-state index contributed by atoms with van der Waals surface area (Å²) in [4.78, 5) is 4.34. The molecule has 0 bridgehead atoms. The second-order valence-electron chi connectivity index (χ2n) is 5.58. The predicted molar refractivity (Wildman–Crippen MR) is 76.2 cm³/mol. The number of hydrogen-bond acceptors (Lipinski definition) is 4. The van der Waals surface area contributed by atoms with Crippen LogP contribution in [0.4, 0.5) is 8.78 Å². The Morgan fingerprint density at radius 2 is 2.27 bits per heavy atom. The molecule has 0 fully saturated rings. The molecule has 0 aliphatic carbocycles. The number of hydrogen-bond donors (Lipinski definition) is 2. The van der Waals surface area contributed by atoms with Gasteiger partial charge in [0, 0.05) is 30.6 Å². The van der Waals surface area contributed by atoms with E-state index in [1.54, 1.807) is 0 Å². The Labute approximate surface area is 127 Å². The van der Waals surface area contributed by atoms with Gasteiger partial charge in [-0.15, -0.1) is 0 Å². The zero-order valence-electron chi connectivity index (χ0n) is 12.3. The van der Waals surface area contributed by atoms with E-state index in [1.807, 2.05) is 11.6 Å². The van der Waals surface area contributed by atoms with Gasteiger partial charge >= 0.3 is 0 Å². The SMILES string of the molecule is Cc1nc2n(n1)C[C@H](NC[C@H](O)c1ccc(F)cc1F)CC2. The molecule has 2 N–H and O–H groups in total. The van der Waals surface area contributed by atoms with E-state index >= 15 is 0 Å². The van der Waals surface area contributed by atoms with E-state index in [9.17, 15) is 13.9 Å². The van der Waals surface area contributed by atoms with Gasteiger partial charge in [-0.25, -0.2) is 18.4 Å². The van der Waals surface area contributed by atoms with Gasteiger partial charge in [-0.2, -0.15) is 5.10 Å². The molecule has 1 aromatic heterocycles. The minimum absolute atomic E-state index is 0.0991. The van der Waals surface area contributed by atoms with E-state index in [2.05, 4.69) is 15.4 Å². The van der Waals surface area contributed by atoms with E-state index in [4.69, 9.17) is 0 Å². The number of halogens is 2. The number of fused-ring (bicyclic) bond motifs is 1. The minimum atomic E-state index is -1.01. The first kappa shape index (κ1) is 15.1. The van der Waals surface area contributed by atoms with Crippen LogP contribution in [0.5, 0.6) is 0 Å². The third kappa shape index (κ3) is 3.15. The second kappa shape index (κ2) is 6.10. The smallest absolute Gasteiger partial charge is 0.147 e. The normalized spacial score (nSPS) is 19.0. The number of nitrogens with one attached hydrogen (secondary N) is 1. The van der Waals surface area contributed by atoms with Gasteiger partial charge in [-0.1, -0.05) is 6.07 Å². The van der Waals surface area contributed by atoms with Crippen molar-refractivity contribution in [2.45, 2.75) is 38.5 Å². The topological polar surface area (TPSA) is 63.0 Å². The van der Waals surface area contributed by atoms with Crippen molar-refractivity contribution in [2.75, 3.05) is 6.54 Å². The summed E-state index contributed by atoms with van der Waals surface area (Å²) in [7, 11) is 0. The molecule has 3 rings (SSSR count). The molecule has 2 atom stereocenters. The highest BCUT2D eigenvalue weighted by atomic mass is 19.1. The van der Waals surface area contributed by atoms with E-state index in [0.29, 0.717) is 6.54 Å². The van der Waals surface area contributed by atoms with Gasteiger partial charge in [0.05, 0.1) is 12.6 Å². The maximum absolute atomic E-state index is 13.6. The average molecular weight is 308 g/mol. The highest BCUT2D eigenvalue weighted by Gasteiger charge is 2.22. The number of aromatic nitrogens is 3. The molecule has 1 aliphatic rings. The lowest BCUT2D eigenvalue weighted by atomic mass is 10.1. The first-order valence-corrected chi connectivity index (χ1v) is 7.29. The molecule has 0 unspecified atom stereocenters. The van der Waals surface area contributed by atoms with Crippen LogP contribution in [-0.4, -0.2) is 32.5 Å². The van der Waals surface area contributed by atoms with Crippen molar-refractivity contribution in [1.82, 2.24) is 20.1 Å². The highest BCUT2D eigenvalue weighted by molar-refractivity contribution is 5.21. The number of aliphatic hydroxyl groups excluding tert-OH is 1. The maximum atomic E-state index is 13.6. The summed E-state index contributed by atoms with van der Waals surface area (Å²) in [6.45, 7) is 2.74. The average Bonchev–Trinajstić information content (AvgIpc) is 2.84. The number of benzene rings is 1. The number of aliphatic hydroxyl groups is 1. The standard InChI is InChI=1S/C15H18F2N4O/c1-9-19-15-5-3-11(8-21(15)20-9)18-7-14(22)12-4-2-10(16)6-13(12)17/h2,4,6,11,14,18,22H,3,5,7-8H2,1H3/t11-,14+/m1/s1. The van der Waals surface area contributed by atoms with Crippen molar-refractivity contribution in [2.24, 2.45) is 0 Å². The molecule has 2 aromatic rings. The van der Waals surface area contributed by atoms with E-state index in [0.717, 1.165) is 36.6 Å². The molecule has 0 saturated carbocycles. The lowest BCUT2D eigenvalue weighted by Gasteiger charge is -2.25. The molecule has 22 heavy (non-hydrogen) atoms. The largest absolute Gasteiger partial charge is 0.387 e. The number of aryl methyl sites for hydroxylation is 2. The molecule has 0 spiro atoms. The van der Waals surface area contributed by atoms with Crippen LogP contribution in [0.2, 0.25) is 0 Å². The van der Waals surface area contributed by atoms with Gasteiger partial charge in [0.25, 0.3) is 0 Å². The summed E-state index contributed by atoms with van der Waals surface area (Å²) in [6.07, 6.45) is 0.690. The van der Waals surface area contributed by atoms with Crippen LogP contribution < -0.4 is 5.32 Å². The zero-order valence-corrected chi connectivity index (χ0v) is 12.3. The zero-order chi connectivity index (χ0) is 15.7. The number of rotatable bonds is 4. The van der Waals surface area contributed by atoms with Crippen LogP contribution in [0.15, 0.2) is 18.2 Å². The molecular weight excluding hydrogens is 290 g/mol. The van der Waals surface area contributed by atoms with Crippen molar-refractivity contribution >= 4 is 0 Å². The molecular formula is C15H18F2N4O. The Hall–Kier alpha value is -1.86. The first-order chi connectivity index (χ1) is 10.5.